The largest absolute Gasteiger partial charge is 0.330 e. The molecule has 3 nitrogen and oxygen atoms in total. The van der Waals surface area contributed by atoms with Crippen molar-refractivity contribution in [2.24, 2.45) is 11.7 Å². The Morgan fingerprint density at radius 3 is 2.87 bits per heavy atom. The first-order valence-electron chi connectivity index (χ1n) is 6.22. The van der Waals surface area contributed by atoms with Gasteiger partial charge in [-0.25, -0.2) is 0 Å². The average molecular weight is 213 g/mol. The van der Waals surface area contributed by atoms with Crippen molar-refractivity contribution in [1.29, 1.82) is 0 Å². The van der Waals surface area contributed by atoms with Crippen molar-refractivity contribution >= 4 is 0 Å². The summed E-state index contributed by atoms with van der Waals surface area (Å²) in [5.41, 5.74) is 5.59. The maximum Gasteiger partial charge on any atom is 0.00760 e. The molecule has 15 heavy (non-hydrogen) atoms. The molecule has 1 fully saturated rings. The van der Waals surface area contributed by atoms with Crippen LogP contribution in [0.1, 0.15) is 26.2 Å². The first-order valence-corrected chi connectivity index (χ1v) is 6.22. The lowest BCUT2D eigenvalue weighted by Crippen LogP contribution is -2.41. The maximum atomic E-state index is 5.59. The van der Waals surface area contributed by atoms with Crippen LogP contribution >= 0.6 is 0 Å². The van der Waals surface area contributed by atoms with E-state index in [1.54, 1.807) is 0 Å². The third-order valence-electron chi connectivity index (χ3n) is 3.61. The molecule has 0 aromatic heterocycles. The molecule has 2 unspecified atom stereocenters. The van der Waals surface area contributed by atoms with Gasteiger partial charge in [-0.15, -0.1) is 0 Å². The Labute approximate surface area is 94.6 Å². The Morgan fingerprint density at radius 2 is 2.27 bits per heavy atom. The average Bonchev–Trinajstić information content (AvgIpc) is 2.18. The third-order valence-corrected chi connectivity index (χ3v) is 3.61. The zero-order valence-corrected chi connectivity index (χ0v) is 10.6. The number of piperidine rings is 1. The van der Waals surface area contributed by atoms with Gasteiger partial charge in [0.15, 0.2) is 0 Å². The lowest BCUT2D eigenvalue weighted by molar-refractivity contribution is 0.144. The number of nitrogens with zero attached hydrogens (tertiary/aromatic N) is 2. The van der Waals surface area contributed by atoms with Crippen LogP contribution in [0.4, 0.5) is 0 Å². The Morgan fingerprint density at radius 1 is 1.53 bits per heavy atom. The zero-order valence-electron chi connectivity index (χ0n) is 10.6. The van der Waals surface area contributed by atoms with Crippen molar-refractivity contribution in [3.05, 3.63) is 0 Å². The fraction of sp³-hybridized carbons (Fsp3) is 1.00. The van der Waals surface area contributed by atoms with Crippen LogP contribution < -0.4 is 5.73 Å². The highest BCUT2D eigenvalue weighted by atomic mass is 15.1. The van der Waals surface area contributed by atoms with Crippen LogP contribution in [-0.2, 0) is 0 Å². The molecule has 0 spiro atoms. The summed E-state index contributed by atoms with van der Waals surface area (Å²) in [5.74, 6) is 0.856. The van der Waals surface area contributed by atoms with Gasteiger partial charge >= 0.3 is 0 Å². The molecule has 2 N–H and O–H groups in total. The minimum atomic E-state index is 0.627. The van der Waals surface area contributed by atoms with E-state index in [9.17, 15) is 0 Å². The highest BCUT2D eigenvalue weighted by Crippen LogP contribution is 2.17. The number of hydrogen-bond acceptors (Lipinski definition) is 3. The molecule has 2 atom stereocenters. The van der Waals surface area contributed by atoms with Crippen molar-refractivity contribution in [3.63, 3.8) is 0 Å². The van der Waals surface area contributed by atoms with Gasteiger partial charge in [0.2, 0.25) is 0 Å². The van der Waals surface area contributed by atoms with Crippen LogP contribution in [0.5, 0.6) is 0 Å². The van der Waals surface area contributed by atoms with Crippen molar-refractivity contribution in [1.82, 2.24) is 9.80 Å². The summed E-state index contributed by atoms with van der Waals surface area (Å²) in [5, 5.41) is 0. The van der Waals surface area contributed by atoms with Crippen LogP contribution in [0.2, 0.25) is 0 Å². The van der Waals surface area contributed by atoms with Gasteiger partial charge in [0, 0.05) is 19.1 Å². The van der Waals surface area contributed by atoms with E-state index in [0.29, 0.717) is 6.04 Å². The van der Waals surface area contributed by atoms with Gasteiger partial charge in [-0.05, 0) is 59.3 Å². The van der Waals surface area contributed by atoms with Crippen molar-refractivity contribution in [2.75, 3.05) is 40.3 Å². The molecular formula is C12H27N3. The molecule has 1 heterocycles. The maximum absolute atomic E-state index is 5.59. The molecule has 0 saturated carbocycles. The standard InChI is InChI=1S/C12H27N3/c1-11(6-7-13)15(3)10-12-5-4-8-14(2)9-12/h11-12H,4-10,13H2,1-3H3. The lowest BCUT2D eigenvalue weighted by Gasteiger charge is -2.34. The van der Waals surface area contributed by atoms with Gasteiger partial charge in [-0.3, -0.25) is 0 Å². The second-order valence-corrected chi connectivity index (χ2v) is 5.14. The Balaban J connectivity index is 2.26. The van der Waals surface area contributed by atoms with Crippen LogP contribution in [-0.4, -0.2) is 56.1 Å². The van der Waals surface area contributed by atoms with E-state index in [2.05, 4.69) is 30.8 Å². The number of hydrogen-bond donors (Lipinski definition) is 1. The molecule has 1 saturated heterocycles. The minimum Gasteiger partial charge on any atom is -0.330 e. The van der Waals surface area contributed by atoms with Gasteiger partial charge in [0.25, 0.3) is 0 Å². The summed E-state index contributed by atoms with van der Waals surface area (Å²) >= 11 is 0. The molecule has 1 aliphatic heterocycles. The fourth-order valence-corrected chi connectivity index (χ4v) is 2.47. The molecule has 90 valence electrons. The van der Waals surface area contributed by atoms with Crippen molar-refractivity contribution in [3.8, 4) is 0 Å². The number of rotatable bonds is 5. The highest BCUT2D eigenvalue weighted by Gasteiger charge is 2.20. The first-order chi connectivity index (χ1) is 7.13. The van der Waals surface area contributed by atoms with E-state index in [1.807, 2.05) is 0 Å². The molecular weight excluding hydrogens is 186 g/mol. The second kappa shape index (κ2) is 6.46. The molecule has 0 aromatic carbocycles. The second-order valence-electron chi connectivity index (χ2n) is 5.14. The predicted molar refractivity (Wildman–Crippen MR) is 66.0 cm³/mol. The number of nitrogens with two attached hydrogens (primary N) is 1. The zero-order chi connectivity index (χ0) is 11.3. The molecule has 0 aliphatic carbocycles. The van der Waals surface area contributed by atoms with Crippen LogP contribution in [0, 0.1) is 5.92 Å². The van der Waals surface area contributed by atoms with Gasteiger partial charge < -0.3 is 15.5 Å². The Kier molecular flexibility index (Phi) is 5.58. The lowest BCUT2D eigenvalue weighted by atomic mass is 9.97. The summed E-state index contributed by atoms with van der Waals surface area (Å²) < 4.78 is 0. The van der Waals surface area contributed by atoms with E-state index < -0.39 is 0 Å². The fourth-order valence-electron chi connectivity index (χ4n) is 2.47. The van der Waals surface area contributed by atoms with Gasteiger partial charge in [-0.1, -0.05) is 0 Å². The molecule has 0 amide bonds. The van der Waals surface area contributed by atoms with Gasteiger partial charge in [-0.2, -0.15) is 0 Å². The van der Waals surface area contributed by atoms with E-state index in [0.717, 1.165) is 18.9 Å². The molecule has 0 aromatic rings. The van der Waals surface area contributed by atoms with Gasteiger partial charge in [0.1, 0.15) is 0 Å². The summed E-state index contributed by atoms with van der Waals surface area (Å²) in [6.07, 6.45) is 3.86. The van der Waals surface area contributed by atoms with E-state index in [4.69, 9.17) is 5.73 Å². The van der Waals surface area contributed by atoms with Gasteiger partial charge in [0.05, 0.1) is 0 Å². The SMILES string of the molecule is CC(CCN)N(C)CC1CCCN(C)C1. The first kappa shape index (κ1) is 12.9. The Hall–Kier alpha value is -0.120. The molecule has 0 bridgehead atoms. The van der Waals surface area contributed by atoms with E-state index in [-0.39, 0.29) is 0 Å². The summed E-state index contributed by atoms with van der Waals surface area (Å²) in [7, 11) is 4.46. The van der Waals surface area contributed by atoms with Crippen molar-refractivity contribution in [2.45, 2.75) is 32.2 Å². The van der Waals surface area contributed by atoms with Crippen molar-refractivity contribution < 1.29 is 0 Å². The monoisotopic (exact) mass is 213 g/mol. The summed E-state index contributed by atoms with van der Waals surface area (Å²) in [4.78, 5) is 4.92. The number of likely N-dealkylation sites (tertiary alicyclic amines) is 1. The van der Waals surface area contributed by atoms with Crippen LogP contribution in [0.25, 0.3) is 0 Å². The molecule has 3 heteroatoms. The van der Waals surface area contributed by atoms with E-state index in [1.165, 1.54) is 32.5 Å². The Bertz CT molecular complexity index is 172. The molecule has 1 rings (SSSR count). The highest BCUT2D eigenvalue weighted by molar-refractivity contribution is 4.75. The molecule has 0 radical (unpaired) electrons. The van der Waals surface area contributed by atoms with Crippen LogP contribution in [0.15, 0.2) is 0 Å². The molecule has 1 aliphatic rings. The topological polar surface area (TPSA) is 32.5 Å². The smallest absolute Gasteiger partial charge is 0.00760 e. The van der Waals surface area contributed by atoms with Crippen LogP contribution in [0.3, 0.4) is 0 Å². The normalized spacial score (nSPS) is 25.8. The third kappa shape index (κ3) is 4.49. The van der Waals surface area contributed by atoms with E-state index >= 15 is 0 Å². The minimum absolute atomic E-state index is 0.627. The summed E-state index contributed by atoms with van der Waals surface area (Å²) in [6, 6.07) is 0.627. The quantitative estimate of drug-likeness (QED) is 0.739. The predicted octanol–water partition coefficient (Wildman–Crippen LogP) is 0.997. The summed E-state index contributed by atoms with van der Waals surface area (Å²) in [6.45, 7) is 6.85.